The van der Waals surface area contributed by atoms with E-state index in [1.54, 1.807) is 0 Å². The first kappa shape index (κ1) is 15.1. The van der Waals surface area contributed by atoms with Gasteiger partial charge in [-0.2, -0.15) is 0 Å². The minimum absolute atomic E-state index is 0.0273. The normalized spacial score (nSPS) is 14.3. The predicted octanol–water partition coefficient (Wildman–Crippen LogP) is 0.581. The molecular formula is C15H23NO4. The Morgan fingerprint density at radius 1 is 1.15 bits per heavy atom. The lowest BCUT2D eigenvalue weighted by Crippen LogP contribution is -2.38. The largest absolute Gasteiger partial charge is 0.486 e. The second-order valence-corrected chi connectivity index (χ2v) is 5.53. The molecule has 112 valence electrons. The molecule has 1 aliphatic rings. The standard InChI is InChI=1S/C15H23NO4/c1-15(10-17,11-18)9-16-5-4-12-2-3-13-14(8-12)20-7-6-19-13/h2-3,8,16-18H,4-7,9-11H2,1H3. The van der Waals surface area contributed by atoms with Crippen molar-refractivity contribution >= 4 is 0 Å². The van der Waals surface area contributed by atoms with Crippen molar-refractivity contribution < 1.29 is 19.7 Å². The first-order chi connectivity index (χ1) is 9.67. The number of hydrogen-bond donors (Lipinski definition) is 3. The molecule has 1 aliphatic heterocycles. The van der Waals surface area contributed by atoms with Crippen LogP contribution in [0, 0.1) is 5.41 Å². The maximum atomic E-state index is 9.20. The van der Waals surface area contributed by atoms with Crippen LogP contribution < -0.4 is 14.8 Å². The SMILES string of the molecule is CC(CO)(CO)CNCCc1ccc2c(c1)OCCO2. The Kier molecular flexibility index (Phi) is 5.23. The van der Waals surface area contributed by atoms with Gasteiger partial charge in [0, 0.05) is 12.0 Å². The van der Waals surface area contributed by atoms with Gasteiger partial charge in [-0.1, -0.05) is 13.0 Å². The van der Waals surface area contributed by atoms with Gasteiger partial charge in [-0.05, 0) is 30.7 Å². The molecule has 3 N–H and O–H groups in total. The number of aliphatic hydroxyl groups is 2. The highest BCUT2D eigenvalue weighted by Crippen LogP contribution is 2.30. The fourth-order valence-corrected chi connectivity index (χ4v) is 2.03. The molecule has 5 nitrogen and oxygen atoms in total. The predicted molar refractivity (Wildman–Crippen MR) is 76.3 cm³/mol. The van der Waals surface area contributed by atoms with E-state index in [2.05, 4.69) is 5.32 Å². The van der Waals surface area contributed by atoms with Crippen LogP contribution in [-0.2, 0) is 6.42 Å². The van der Waals surface area contributed by atoms with Crippen LogP contribution >= 0.6 is 0 Å². The number of fused-ring (bicyclic) bond motifs is 1. The highest BCUT2D eigenvalue weighted by molar-refractivity contribution is 5.43. The van der Waals surface area contributed by atoms with Crippen molar-refractivity contribution in [2.75, 3.05) is 39.5 Å². The summed E-state index contributed by atoms with van der Waals surface area (Å²) in [5, 5.41) is 21.7. The third kappa shape index (κ3) is 3.85. The van der Waals surface area contributed by atoms with E-state index in [-0.39, 0.29) is 13.2 Å². The summed E-state index contributed by atoms with van der Waals surface area (Å²) in [5.74, 6) is 1.62. The molecule has 0 aromatic heterocycles. The highest BCUT2D eigenvalue weighted by Gasteiger charge is 2.21. The van der Waals surface area contributed by atoms with Gasteiger partial charge in [-0.3, -0.25) is 0 Å². The molecule has 0 spiro atoms. The summed E-state index contributed by atoms with van der Waals surface area (Å²) in [6.45, 7) is 4.37. The van der Waals surface area contributed by atoms with Crippen molar-refractivity contribution in [3.63, 3.8) is 0 Å². The number of hydrogen-bond acceptors (Lipinski definition) is 5. The summed E-state index contributed by atoms with van der Waals surface area (Å²) < 4.78 is 11.0. The van der Waals surface area contributed by atoms with Gasteiger partial charge in [0.05, 0.1) is 13.2 Å². The Bertz CT molecular complexity index is 432. The van der Waals surface area contributed by atoms with E-state index in [0.29, 0.717) is 19.8 Å². The lowest BCUT2D eigenvalue weighted by molar-refractivity contribution is 0.0700. The molecular weight excluding hydrogens is 258 g/mol. The smallest absolute Gasteiger partial charge is 0.161 e. The molecule has 1 heterocycles. The summed E-state index contributed by atoms with van der Waals surface area (Å²) >= 11 is 0. The molecule has 0 amide bonds. The van der Waals surface area contributed by atoms with Crippen LogP contribution in [0.3, 0.4) is 0 Å². The van der Waals surface area contributed by atoms with Crippen LogP contribution in [0.25, 0.3) is 0 Å². The summed E-state index contributed by atoms with van der Waals surface area (Å²) in [7, 11) is 0. The Balaban J connectivity index is 1.80. The third-order valence-electron chi connectivity index (χ3n) is 3.51. The molecule has 1 aromatic carbocycles. The van der Waals surface area contributed by atoms with E-state index in [1.807, 2.05) is 25.1 Å². The average molecular weight is 281 g/mol. The van der Waals surface area contributed by atoms with Gasteiger partial charge in [-0.15, -0.1) is 0 Å². The Morgan fingerprint density at radius 3 is 2.55 bits per heavy atom. The second kappa shape index (κ2) is 6.92. The molecule has 5 heteroatoms. The van der Waals surface area contributed by atoms with E-state index in [4.69, 9.17) is 9.47 Å². The quantitative estimate of drug-likeness (QED) is 0.638. The summed E-state index contributed by atoms with van der Waals surface area (Å²) in [5.41, 5.74) is 0.712. The fraction of sp³-hybridized carbons (Fsp3) is 0.600. The van der Waals surface area contributed by atoms with E-state index < -0.39 is 5.41 Å². The molecule has 1 aromatic rings. The lowest BCUT2D eigenvalue weighted by atomic mass is 9.93. The van der Waals surface area contributed by atoms with Gasteiger partial charge < -0.3 is 25.0 Å². The van der Waals surface area contributed by atoms with Gasteiger partial charge in [0.15, 0.2) is 11.5 Å². The van der Waals surface area contributed by atoms with Crippen molar-refractivity contribution in [2.24, 2.45) is 5.41 Å². The summed E-state index contributed by atoms with van der Waals surface area (Å²) in [6, 6.07) is 5.98. The lowest BCUT2D eigenvalue weighted by Gasteiger charge is -2.25. The molecule has 0 aliphatic carbocycles. The molecule has 0 saturated carbocycles. The molecule has 2 rings (SSSR count). The average Bonchev–Trinajstić information content (AvgIpc) is 2.51. The molecule has 0 saturated heterocycles. The summed E-state index contributed by atoms with van der Waals surface area (Å²) in [4.78, 5) is 0. The van der Waals surface area contributed by atoms with Gasteiger partial charge in [0.2, 0.25) is 0 Å². The second-order valence-electron chi connectivity index (χ2n) is 5.53. The van der Waals surface area contributed by atoms with Gasteiger partial charge in [0.25, 0.3) is 0 Å². The van der Waals surface area contributed by atoms with Crippen LogP contribution in [0.15, 0.2) is 18.2 Å². The zero-order valence-electron chi connectivity index (χ0n) is 11.9. The van der Waals surface area contributed by atoms with E-state index in [1.165, 1.54) is 5.56 Å². The number of ether oxygens (including phenoxy) is 2. The summed E-state index contributed by atoms with van der Waals surface area (Å²) in [6.07, 6.45) is 0.865. The van der Waals surface area contributed by atoms with E-state index in [0.717, 1.165) is 24.5 Å². The number of aliphatic hydroxyl groups excluding tert-OH is 2. The van der Waals surface area contributed by atoms with Crippen molar-refractivity contribution in [1.29, 1.82) is 0 Å². The van der Waals surface area contributed by atoms with Crippen LogP contribution in [0.1, 0.15) is 12.5 Å². The van der Waals surface area contributed by atoms with Gasteiger partial charge in [0.1, 0.15) is 13.2 Å². The first-order valence-electron chi connectivity index (χ1n) is 6.98. The molecule has 0 bridgehead atoms. The van der Waals surface area contributed by atoms with Crippen LogP contribution in [0.4, 0.5) is 0 Å². The van der Waals surface area contributed by atoms with Crippen LogP contribution in [0.5, 0.6) is 11.5 Å². The number of benzene rings is 1. The van der Waals surface area contributed by atoms with Crippen molar-refractivity contribution in [2.45, 2.75) is 13.3 Å². The van der Waals surface area contributed by atoms with Crippen LogP contribution in [-0.4, -0.2) is 49.7 Å². The maximum absolute atomic E-state index is 9.20. The van der Waals surface area contributed by atoms with Crippen molar-refractivity contribution in [3.8, 4) is 11.5 Å². The zero-order chi connectivity index (χ0) is 14.4. The minimum Gasteiger partial charge on any atom is -0.486 e. The molecule has 20 heavy (non-hydrogen) atoms. The maximum Gasteiger partial charge on any atom is 0.161 e. The monoisotopic (exact) mass is 281 g/mol. The number of nitrogens with one attached hydrogen (secondary N) is 1. The Hall–Kier alpha value is -1.30. The molecule has 0 fully saturated rings. The molecule has 0 unspecified atom stereocenters. The Morgan fingerprint density at radius 2 is 1.85 bits per heavy atom. The van der Waals surface area contributed by atoms with Crippen molar-refractivity contribution in [3.05, 3.63) is 23.8 Å². The van der Waals surface area contributed by atoms with E-state index >= 15 is 0 Å². The molecule has 0 radical (unpaired) electrons. The number of rotatable bonds is 7. The highest BCUT2D eigenvalue weighted by atomic mass is 16.6. The van der Waals surface area contributed by atoms with Gasteiger partial charge >= 0.3 is 0 Å². The molecule has 0 atom stereocenters. The van der Waals surface area contributed by atoms with Crippen LogP contribution in [0.2, 0.25) is 0 Å². The fourth-order valence-electron chi connectivity index (χ4n) is 2.03. The third-order valence-corrected chi connectivity index (χ3v) is 3.51. The van der Waals surface area contributed by atoms with E-state index in [9.17, 15) is 10.2 Å². The Labute approximate surface area is 119 Å². The van der Waals surface area contributed by atoms with Crippen molar-refractivity contribution in [1.82, 2.24) is 5.32 Å². The zero-order valence-corrected chi connectivity index (χ0v) is 11.9. The minimum atomic E-state index is -0.465. The van der Waals surface area contributed by atoms with Gasteiger partial charge in [-0.25, -0.2) is 0 Å². The topological polar surface area (TPSA) is 71.0 Å². The first-order valence-corrected chi connectivity index (χ1v) is 6.98.